The van der Waals surface area contributed by atoms with Gasteiger partial charge in [-0.25, -0.2) is 15.2 Å². The van der Waals surface area contributed by atoms with Crippen molar-refractivity contribution >= 4 is 11.6 Å². The Morgan fingerprint density at radius 1 is 1.50 bits per heavy atom. The van der Waals surface area contributed by atoms with Gasteiger partial charge in [0.25, 0.3) is 0 Å². The zero-order chi connectivity index (χ0) is 13.5. The van der Waals surface area contributed by atoms with Gasteiger partial charge >= 0.3 is 0 Å². The first kappa shape index (κ1) is 14.2. The quantitative estimate of drug-likeness (QED) is 0.332. The fourth-order valence-electron chi connectivity index (χ4n) is 1.35. The highest BCUT2D eigenvalue weighted by Gasteiger charge is 2.05. The maximum absolute atomic E-state index is 13.6. The SMILES string of the molecule is CCOc1ccc(NC(=NC(C)C)NN)cc1F. The molecular formula is C12H19FN4O. The minimum atomic E-state index is -0.428. The number of guanidine groups is 1. The predicted octanol–water partition coefficient (Wildman–Crippen LogP) is 1.86. The van der Waals surface area contributed by atoms with Crippen LogP contribution in [0.25, 0.3) is 0 Å². The Kier molecular flexibility index (Phi) is 5.38. The van der Waals surface area contributed by atoms with Crippen LogP contribution in [0, 0.1) is 5.82 Å². The van der Waals surface area contributed by atoms with E-state index in [2.05, 4.69) is 15.7 Å². The molecule has 0 saturated heterocycles. The molecule has 0 aliphatic rings. The molecule has 0 bridgehead atoms. The van der Waals surface area contributed by atoms with Gasteiger partial charge in [0.2, 0.25) is 5.96 Å². The zero-order valence-electron chi connectivity index (χ0n) is 10.8. The van der Waals surface area contributed by atoms with E-state index in [0.29, 0.717) is 18.3 Å². The number of benzene rings is 1. The van der Waals surface area contributed by atoms with Crippen molar-refractivity contribution in [2.45, 2.75) is 26.8 Å². The molecule has 0 radical (unpaired) electrons. The van der Waals surface area contributed by atoms with E-state index in [9.17, 15) is 4.39 Å². The van der Waals surface area contributed by atoms with E-state index in [4.69, 9.17) is 10.6 Å². The Morgan fingerprint density at radius 3 is 2.72 bits per heavy atom. The molecule has 0 aliphatic heterocycles. The Labute approximate surface area is 106 Å². The van der Waals surface area contributed by atoms with Crippen LogP contribution in [0.4, 0.5) is 10.1 Å². The Balaban J connectivity index is 2.82. The minimum absolute atomic E-state index is 0.0797. The first-order chi connectivity index (χ1) is 8.56. The number of ether oxygens (including phenoxy) is 1. The van der Waals surface area contributed by atoms with E-state index in [0.717, 1.165) is 0 Å². The van der Waals surface area contributed by atoms with Crippen molar-refractivity contribution in [3.63, 3.8) is 0 Å². The van der Waals surface area contributed by atoms with Gasteiger partial charge in [-0.05, 0) is 32.9 Å². The van der Waals surface area contributed by atoms with E-state index >= 15 is 0 Å². The second-order valence-electron chi connectivity index (χ2n) is 3.92. The Morgan fingerprint density at radius 2 is 2.22 bits per heavy atom. The highest BCUT2D eigenvalue weighted by atomic mass is 19.1. The molecule has 0 saturated carbocycles. The van der Waals surface area contributed by atoms with E-state index in [1.165, 1.54) is 6.07 Å². The molecule has 0 amide bonds. The number of halogens is 1. The van der Waals surface area contributed by atoms with E-state index in [1.54, 1.807) is 19.1 Å². The lowest BCUT2D eigenvalue weighted by molar-refractivity contribution is 0.321. The molecule has 6 heteroatoms. The predicted molar refractivity (Wildman–Crippen MR) is 71.1 cm³/mol. The van der Waals surface area contributed by atoms with Gasteiger partial charge in [-0.2, -0.15) is 0 Å². The summed E-state index contributed by atoms with van der Waals surface area (Å²) >= 11 is 0. The average molecular weight is 254 g/mol. The van der Waals surface area contributed by atoms with Crippen LogP contribution in [0.15, 0.2) is 23.2 Å². The van der Waals surface area contributed by atoms with Crippen LogP contribution < -0.4 is 21.3 Å². The highest BCUT2D eigenvalue weighted by molar-refractivity contribution is 5.93. The van der Waals surface area contributed by atoms with Crippen LogP contribution in [0.3, 0.4) is 0 Å². The normalized spacial score (nSPS) is 11.6. The number of rotatable bonds is 4. The first-order valence-corrected chi connectivity index (χ1v) is 5.80. The van der Waals surface area contributed by atoms with Gasteiger partial charge in [-0.15, -0.1) is 0 Å². The number of nitrogens with one attached hydrogen (secondary N) is 2. The van der Waals surface area contributed by atoms with Gasteiger partial charge in [0.15, 0.2) is 11.6 Å². The molecule has 0 fully saturated rings. The zero-order valence-corrected chi connectivity index (χ0v) is 10.8. The largest absolute Gasteiger partial charge is 0.491 e. The number of hydrogen-bond donors (Lipinski definition) is 3. The Bertz CT molecular complexity index is 421. The monoisotopic (exact) mass is 254 g/mol. The molecule has 0 aromatic heterocycles. The van der Waals surface area contributed by atoms with Crippen LogP contribution in [0.1, 0.15) is 20.8 Å². The van der Waals surface area contributed by atoms with Crippen LogP contribution in [-0.2, 0) is 0 Å². The standard InChI is InChI=1S/C12H19FN4O/c1-4-18-11-6-5-9(7-10(11)13)16-12(17-14)15-8(2)3/h5-8H,4,14H2,1-3H3,(H2,15,16,17). The number of aliphatic imine (C=N–C) groups is 1. The molecule has 5 nitrogen and oxygen atoms in total. The molecule has 1 aromatic carbocycles. The molecule has 0 atom stereocenters. The average Bonchev–Trinajstić information content (AvgIpc) is 2.31. The van der Waals surface area contributed by atoms with Crippen LogP contribution in [0.5, 0.6) is 5.75 Å². The summed E-state index contributed by atoms with van der Waals surface area (Å²) < 4.78 is 18.7. The lowest BCUT2D eigenvalue weighted by Crippen LogP contribution is -2.37. The van der Waals surface area contributed by atoms with Crippen LogP contribution >= 0.6 is 0 Å². The van der Waals surface area contributed by atoms with Crippen LogP contribution in [-0.4, -0.2) is 18.6 Å². The molecule has 0 heterocycles. The fourth-order valence-corrected chi connectivity index (χ4v) is 1.35. The van der Waals surface area contributed by atoms with E-state index in [-0.39, 0.29) is 11.8 Å². The van der Waals surface area contributed by atoms with Gasteiger partial charge in [0, 0.05) is 17.8 Å². The molecular weight excluding hydrogens is 235 g/mol. The molecule has 0 unspecified atom stereocenters. The van der Waals surface area contributed by atoms with Gasteiger partial charge < -0.3 is 10.1 Å². The number of nitrogens with two attached hydrogens (primary N) is 1. The first-order valence-electron chi connectivity index (χ1n) is 5.80. The number of hydrazine groups is 1. The highest BCUT2D eigenvalue weighted by Crippen LogP contribution is 2.21. The van der Waals surface area contributed by atoms with Crippen molar-refractivity contribution in [1.29, 1.82) is 0 Å². The van der Waals surface area contributed by atoms with Crippen molar-refractivity contribution in [1.82, 2.24) is 5.43 Å². The van der Waals surface area contributed by atoms with Crippen molar-refractivity contribution in [2.24, 2.45) is 10.8 Å². The smallest absolute Gasteiger partial charge is 0.210 e. The summed E-state index contributed by atoms with van der Waals surface area (Å²) in [5.41, 5.74) is 2.98. The fraction of sp³-hybridized carbons (Fsp3) is 0.417. The molecule has 100 valence electrons. The van der Waals surface area contributed by atoms with E-state index < -0.39 is 5.82 Å². The number of anilines is 1. The summed E-state index contributed by atoms with van der Waals surface area (Å²) in [6.45, 7) is 6.06. The maximum atomic E-state index is 13.6. The molecule has 18 heavy (non-hydrogen) atoms. The topological polar surface area (TPSA) is 71.7 Å². The summed E-state index contributed by atoms with van der Waals surface area (Å²) in [6.07, 6.45) is 0. The third-order valence-electron chi connectivity index (χ3n) is 2.02. The lowest BCUT2D eigenvalue weighted by atomic mass is 10.3. The summed E-state index contributed by atoms with van der Waals surface area (Å²) in [7, 11) is 0. The third kappa shape index (κ3) is 4.21. The van der Waals surface area contributed by atoms with Gasteiger partial charge in [0.05, 0.1) is 6.61 Å². The maximum Gasteiger partial charge on any atom is 0.210 e. The molecule has 4 N–H and O–H groups in total. The summed E-state index contributed by atoms with van der Waals surface area (Å²) in [4.78, 5) is 4.19. The summed E-state index contributed by atoms with van der Waals surface area (Å²) in [5, 5.41) is 2.89. The summed E-state index contributed by atoms with van der Waals surface area (Å²) in [5.74, 6) is 5.51. The van der Waals surface area contributed by atoms with E-state index in [1.807, 2.05) is 13.8 Å². The second kappa shape index (κ2) is 6.80. The van der Waals surface area contributed by atoms with Crippen molar-refractivity contribution in [3.05, 3.63) is 24.0 Å². The minimum Gasteiger partial charge on any atom is -0.491 e. The van der Waals surface area contributed by atoms with Gasteiger partial charge in [-0.1, -0.05) is 0 Å². The molecule has 1 aromatic rings. The molecule has 1 rings (SSSR count). The number of nitrogens with zero attached hydrogens (tertiary/aromatic N) is 1. The number of hydrogen-bond acceptors (Lipinski definition) is 3. The lowest BCUT2D eigenvalue weighted by Gasteiger charge is -2.11. The third-order valence-corrected chi connectivity index (χ3v) is 2.02. The van der Waals surface area contributed by atoms with Gasteiger partial charge in [0.1, 0.15) is 0 Å². The second-order valence-corrected chi connectivity index (χ2v) is 3.92. The summed E-state index contributed by atoms with van der Waals surface area (Å²) in [6, 6.07) is 4.67. The van der Waals surface area contributed by atoms with Gasteiger partial charge in [-0.3, -0.25) is 5.43 Å². The van der Waals surface area contributed by atoms with Crippen molar-refractivity contribution < 1.29 is 9.13 Å². The Hall–Kier alpha value is -1.82. The van der Waals surface area contributed by atoms with Crippen LogP contribution in [0.2, 0.25) is 0 Å². The van der Waals surface area contributed by atoms with Crippen molar-refractivity contribution in [2.75, 3.05) is 11.9 Å². The molecule has 0 spiro atoms. The van der Waals surface area contributed by atoms with Crippen molar-refractivity contribution in [3.8, 4) is 5.75 Å². The molecule has 0 aliphatic carbocycles.